The Bertz CT molecular complexity index is 431. The smallest absolute Gasteiger partial charge is 0.149 e. The van der Waals surface area contributed by atoms with Crippen molar-refractivity contribution >= 4 is 34.8 Å². The van der Waals surface area contributed by atoms with Gasteiger partial charge in [-0.15, -0.1) is 0 Å². The van der Waals surface area contributed by atoms with E-state index in [1.165, 1.54) is 25.7 Å². The summed E-state index contributed by atoms with van der Waals surface area (Å²) in [7, 11) is 2.07. The third kappa shape index (κ3) is 3.46. The summed E-state index contributed by atoms with van der Waals surface area (Å²) in [6, 6.07) is 2.33. The number of nitrogens with zero attached hydrogens (tertiary/aromatic N) is 2. The molecule has 1 saturated carbocycles. The molecule has 0 unspecified atom stereocenters. The van der Waals surface area contributed by atoms with E-state index in [1.54, 1.807) is 6.07 Å². The number of halogens is 2. The zero-order valence-corrected chi connectivity index (χ0v) is 13.1. The Balaban J connectivity index is 2.22. The van der Waals surface area contributed by atoms with E-state index in [1.807, 2.05) is 0 Å². The molecule has 0 radical (unpaired) electrons. The number of aromatic nitrogens is 1. The van der Waals surface area contributed by atoms with Crippen molar-refractivity contribution in [1.82, 2.24) is 4.98 Å². The lowest BCUT2D eigenvalue weighted by Gasteiger charge is -2.27. The third-order valence-electron chi connectivity index (χ3n) is 3.66. The van der Waals surface area contributed by atoms with E-state index >= 15 is 0 Å². The van der Waals surface area contributed by atoms with E-state index in [0.717, 1.165) is 24.6 Å². The molecule has 0 spiro atoms. The second-order valence-corrected chi connectivity index (χ2v) is 5.91. The quantitative estimate of drug-likeness (QED) is 0.862. The number of pyridine rings is 1. The van der Waals surface area contributed by atoms with Crippen molar-refractivity contribution in [2.45, 2.75) is 45.1 Å². The van der Waals surface area contributed by atoms with Crippen LogP contribution in [0.5, 0.6) is 0 Å². The average Bonchev–Trinajstić information content (AvgIpc) is 2.91. The van der Waals surface area contributed by atoms with Crippen LogP contribution in [0.1, 0.15) is 39.0 Å². The summed E-state index contributed by atoms with van der Waals surface area (Å²) in [5, 5.41) is 4.46. The van der Waals surface area contributed by atoms with E-state index in [0.29, 0.717) is 16.1 Å². The van der Waals surface area contributed by atoms with Crippen LogP contribution in [0.3, 0.4) is 0 Å². The first-order valence-corrected chi connectivity index (χ1v) is 7.71. The molecule has 1 aromatic rings. The van der Waals surface area contributed by atoms with E-state index in [2.05, 4.69) is 29.2 Å². The second kappa shape index (κ2) is 6.67. The van der Waals surface area contributed by atoms with Gasteiger partial charge in [0.05, 0.1) is 10.0 Å². The first-order chi connectivity index (χ1) is 9.13. The zero-order chi connectivity index (χ0) is 13.8. The van der Waals surface area contributed by atoms with Crippen molar-refractivity contribution in [3.05, 3.63) is 16.1 Å². The number of hydrogen-bond acceptors (Lipinski definition) is 3. The van der Waals surface area contributed by atoms with Crippen molar-refractivity contribution in [1.29, 1.82) is 0 Å². The van der Waals surface area contributed by atoms with Gasteiger partial charge in [0.2, 0.25) is 0 Å². The van der Waals surface area contributed by atoms with E-state index in [-0.39, 0.29) is 0 Å². The van der Waals surface area contributed by atoms with Crippen molar-refractivity contribution in [3.63, 3.8) is 0 Å². The first kappa shape index (κ1) is 14.7. The zero-order valence-electron chi connectivity index (χ0n) is 11.5. The lowest BCUT2D eigenvalue weighted by molar-refractivity contribution is 0.647. The maximum absolute atomic E-state index is 6.29. The Morgan fingerprint density at radius 3 is 2.63 bits per heavy atom. The lowest BCUT2D eigenvalue weighted by atomic mass is 10.2. The minimum Gasteiger partial charge on any atom is -0.369 e. The highest BCUT2D eigenvalue weighted by Crippen LogP contribution is 2.34. The maximum Gasteiger partial charge on any atom is 0.149 e. The fraction of sp³-hybridized carbons (Fsp3) is 0.643. The largest absolute Gasteiger partial charge is 0.369 e. The number of nitrogens with one attached hydrogen (secondary N) is 1. The Hall–Kier alpha value is -0.670. The molecule has 0 saturated heterocycles. The molecule has 0 bridgehead atoms. The summed E-state index contributed by atoms with van der Waals surface area (Å²) < 4.78 is 0. The molecule has 5 heteroatoms. The summed E-state index contributed by atoms with van der Waals surface area (Å²) >= 11 is 12.5. The lowest BCUT2D eigenvalue weighted by Crippen LogP contribution is -2.30. The van der Waals surface area contributed by atoms with Gasteiger partial charge in [-0.05, 0) is 25.3 Å². The van der Waals surface area contributed by atoms with Crippen molar-refractivity contribution in [2.24, 2.45) is 0 Å². The number of anilines is 2. The van der Waals surface area contributed by atoms with Gasteiger partial charge in [-0.1, -0.05) is 43.0 Å². The number of hydrogen-bond donors (Lipinski definition) is 1. The molecule has 0 atom stereocenters. The molecular weight excluding hydrogens is 281 g/mol. The van der Waals surface area contributed by atoms with Crippen LogP contribution < -0.4 is 10.2 Å². The average molecular weight is 302 g/mol. The van der Waals surface area contributed by atoms with Crippen molar-refractivity contribution < 1.29 is 0 Å². The molecule has 1 aliphatic carbocycles. The molecule has 0 aromatic carbocycles. The fourth-order valence-electron chi connectivity index (χ4n) is 2.54. The van der Waals surface area contributed by atoms with Crippen LogP contribution in [-0.2, 0) is 0 Å². The standard InChI is InChI=1S/C14H21Cl2N3/c1-3-8-17-13-11(15)9-12(16)14(18-13)19(2)10-6-4-5-7-10/h9-10H,3-8H2,1-2H3,(H,17,18). The summed E-state index contributed by atoms with van der Waals surface area (Å²) in [6.45, 7) is 2.98. The Kier molecular flexibility index (Phi) is 5.17. The molecule has 2 rings (SSSR count). The normalized spacial score (nSPS) is 15.8. The predicted octanol–water partition coefficient (Wildman–Crippen LogP) is 4.59. The van der Waals surface area contributed by atoms with Gasteiger partial charge in [0, 0.05) is 19.6 Å². The van der Waals surface area contributed by atoms with Crippen LogP contribution in [-0.4, -0.2) is 24.6 Å². The van der Waals surface area contributed by atoms with Gasteiger partial charge in [0.1, 0.15) is 11.6 Å². The molecule has 1 N–H and O–H groups in total. The van der Waals surface area contributed by atoms with Crippen LogP contribution in [0, 0.1) is 0 Å². The highest BCUT2D eigenvalue weighted by molar-refractivity contribution is 6.37. The molecule has 1 fully saturated rings. The minimum absolute atomic E-state index is 0.546. The maximum atomic E-state index is 6.29. The van der Waals surface area contributed by atoms with Crippen LogP contribution in [0.25, 0.3) is 0 Å². The Morgan fingerprint density at radius 2 is 2.00 bits per heavy atom. The van der Waals surface area contributed by atoms with Crippen LogP contribution in [0.15, 0.2) is 6.07 Å². The van der Waals surface area contributed by atoms with Gasteiger partial charge < -0.3 is 10.2 Å². The van der Waals surface area contributed by atoms with E-state index < -0.39 is 0 Å². The van der Waals surface area contributed by atoms with Crippen LogP contribution in [0.2, 0.25) is 10.0 Å². The first-order valence-electron chi connectivity index (χ1n) is 6.96. The monoisotopic (exact) mass is 301 g/mol. The van der Waals surface area contributed by atoms with E-state index in [9.17, 15) is 0 Å². The Labute approximate surface area is 125 Å². The highest BCUT2D eigenvalue weighted by Gasteiger charge is 2.23. The van der Waals surface area contributed by atoms with Gasteiger partial charge in [-0.2, -0.15) is 0 Å². The van der Waals surface area contributed by atoms with Gasteiger partial charge >= 0.3 is 0 Å². The van der Waals surface area contributed by atoms with Gasteiger partial charge in [0.25, 0.3) is 0 Å². The third-order valence-corrected chi connectivity index (χ3v) is 4.23. The second-order valence-electron chi connectivity index (χ2n) is 5.10. The minimum atomic E-state index is 0.546. The molecule has 1 aromatic heterocycles. The summed E-state index contributed by atoms with van der Waals surface area (Å²) in [4.78, 5) is 6.80. The predicted molar refractivity (Wildman–Crippen MR) is 83.7 cm³/mol. The molecular formula is C14H21Cl2N3. The molecule has 19 heavy (non-hydrogen) atoms. The Morgan fingerprint density at radius 1 is 1.32 bits per heavy atom. The number of rotatable bonds is 5. The van der Waals surface area contributed by atoms with E-state index in [4.69, 9.17) is 23.2 Å². The topological polar surface area (TPSA) is 28.2 Å². The fourth-order valence-corrected chi connectivity index (χ4v) is 3.09. The van der Waals surface area contributed by atoms with Gasteiger partial charge in [-0.25, -0.2) is 4.98 Å². The van der Waals surface area contributed by atoms with Gasteiger partial charge in [-0.3, -0.25) is 0 Å². The van der Waals surface area contributed by atoms with Crippen LogP contribution >= 0.6 is 23.2 Å². The summed E-state index contributed by atoms with van der Waals surface area (Å²) in [5.74, 6) is 1.56. The molecule has 0 aliphatic heterocycles. The molecule has 1 heterocycles. The van der Waals surface area contributed by atoms with Crippen molar-refractivity contribution in [3.8, 4) is 0 Å². The molecule has 0 amide bonds. The molecule has 3 nitrogen and oxygen atoms in total. The van der Waals surface area contributed by atoms with Crippen molar-refractivity contribution in [2.75, 3.05) is 23.8 Å². The SMILES string of the molecule is CCCNc1nc(N(C)C2CCCC2)c(Cl)cc1Cl. The summed E-state index contributed by atoms with van der Waals surface area (Å²) in [5.41, 5.74) is 0. The highest BCUT2D eigenvalue weighted by atomic mass is 35.5. The van der Waals surface area contributed by atoms with Gasteiger partial charge in [0.15, 0.2) is 0 Å². The van der Waals surface area contributed by atoms with Crippen LogP contribution in [0.4, 0.5) is 11.6 Å². The molecule has 1 aliphatic rings. The summed E-state index contributed by atoms with van der Waals surface area (Å²) in [6.07, 6.45) is 6.06. The molecule has 106 valence electrons.